The van der Waals surface area contributed by atoms with Crippen molar-refractivity contribution in [2.75, 3.05) is 13.1 Å². The van der Waals surface area contributed by atoms with Gasteiger partial charge in [0.2, 0.25) is 0 Å². The first-order valence-electron chi connectivity index (χ1n) is 5.88. The molecule has 5 heteroatoms. The lowest BCUT2D eigenvalue weighted by Crippen LogP contribution is -2.32. The van der Waals surface area contributed by atoms with Gasteiger partial charge in [-0.2, -0.15) is 0 Å². The van der Waals surface area contributed by atoms with Crippen molar-refractivity contribution in [1.82, 2.24) is 4.90 Å². The quantitative estimate of drug-likeness (QED) is 0.772. The number of hydrogen-bond acceptors (Lipinski definition) is 4. The standard InChI is InChI=1S/C11H18BNO2S/c1-9(13-7-3-2-4-8-13)10-5-6-11(16-10)12(14)15/h5-6,9,14-15H,2-4,7-8H2,1H3. The molecule has 0 aromatic carbocycles. The lowest BCUT2D eigenvalue weighted by Gasteiger charge is -2.31. The van der Waals surface area contributed by atoms with Gasteiger partial charge >= 0.3 is 7.12 Å². The maximum absolute atomic E-state index is 9.08. The Balaban J connectivity index is 2.04. The van der Waals surface area contributed by atoms with E-state index in [1.165, 1.54) is 35.5 Å². The lowest BCUT2D eigenvalue weighted by molar-refractivity contribution is 0.177. The Morgan fingerprint density at radius 1 is 1.25 bits per heavy atom. The largest absolute Gasteiger partial charge is 0.499 e. The van der Waals surface area contributed by atoms with Crippen LogP contribution in [-0.4, -0.2) is 35.2 Å². The van der Waals surface area contributed by atoms with Crippen molar-refractivity contribution in [3.8, 4) is 0 Å². The first kappa shape index (κ1) is 12.1. The molecule has 0 radical (unpaired) electrons. The van der Waals surface area contributed by atoms with Crippen molar-refractivity contribution < 1.29 is 10.0 Å². The topological polar surface area (TPSA) is 43.7 Å². The Labute approximate surface area is 101 Å². The number of likely N-dealkylation sites (tertiary alicyclic amines) is 1. The summed E-state index contributed by atoms with van der Waals surface area (Å²) in [4.78, 5) is 3.70. The molecule has 1 atom stereocenters. The molecule has 1 aromatic heterocycles. The smallest absolute Gasteiger partial charge is 0.423 e. The Kier molecular flexibility index (Phi) is 4.02. The molecule has 16 heavy (non-hydrogen) atoms. The van der Waals surface area contributed by atoms with Crippen LogP contribution in [0.25, 0.3) is 0 Å². The SMILES string of the molecule is CC(c1ccc(B(O)O)s1)N1CCCCC1. The van der Waals surface area contributed by atoms with Crippen LogP contribution < -0.4 is 4.78 Å². The van der Waals surface area contributed by atoms with E-state index in [9.17, 15) is 0 Å². The van der Waals surface area contributed by atoms with Gasteiger partial charge in [0.25, 0.3) is 0 Å². The van der Waals surface area contributed by atoms with Crippen molar-refractivity contribution in [2.24, 2.45) is 0 Å². The van der Waals surface area contributed by atoms with Crippen LogP contribution in [0.1, 0.15) is 37.1 Å². The molecule has 0 spiro atoms. The van der Waals surface area contributed by atoms with Crippen LogP contribution in [0.4, 0.5) is 0 Å². The van der Waals surface area contributed by atoms with Crippen LogP contribution >= 0.6 is 11.3 Å². The van der Waals surface area contributed by atoms with Crippen molar-refractivity contribution >= 4 is 23.2 Å². The molecule has 0 saturated carbocycles. The number of hydrogen-bond donors (Lipinski definition) is 2. The Morgan fingerprint density at radius 3 is 2.50 bits per heavy atom. The van der Waals surface area contributed by atoms with Crippen LogP contribution in [-0.2, 0) is 0 Å². The zero-order valence-electron chi connectivity index (χ0n) is 9.59. The third-order valence-electron chi connectivity index (χ3n) is 3.25. The molecule has 3 nitrogen and oxygen atoms in total. The first-order valence-corrected chi connectivity index (χ1v) is 6.70. The minimum Gasteiger partial charge on any atom is -0.423 e. The minimum atomic E-state index is -1.33. The maximum Gasteiger partial charge on any atom is 0.499 e. The van der Waals surface area contributed by atoms with E-state index in [0.29, 0.717) is 10.8 Å². The average Bonchev–Trinajstić information content (AvgIpc) is 2.78. The number of piperidine rings is 1. The highest BCUT2D eigenvalue weighted by atomic mass is 32.1. The van der Waals surface area contributed by atoms with Gasteiger partial charge in [-0.05, 0) is 38.9 Å². The summed E-state index contributed by atoms with van der Waals surface area (Å²) in [5, 5.41) is 18.2. The number of rotatable bonds is 3. The predicted octanol–water partition coefficient (Wildman–Crippen LogP) is 0.975. The molecule has 88 valence electrons. The highest BCUT2D eigenvalue weighted by Gasteiger charge is 2.21. The second-order valence-electron chi connectivity index (χ2n) is 4.39. The third-order valence-corrected chi connectivity index (χ3v) is 4.55. The molecule has 1 aliphatic rings. The molecule has 1 aliphatic heterocycles. The fourth-order valence-electron chi connectivity index (χ4n) is 2.22. The predicted molar refractivity (Wildman–Crippen MR) is 68.0 cm³/mol. The van der Waals surface area contributed by atoms with Crippen LogP contribution in [0.3, 0.4) is 0 Å². The van der Waals surface area contributed by atoms with Gasteiger partial charge in [-0.3, -0.25) is 4.90 Å². The summed E-state index contributed by atoms with van der Waals surface area (Å²) in [5.41, 5.74) is 0. The van der Waals surface area contributed by atoms with Gasteiger partial charge in [0.15, 0.2) is 0 Å². The molecular formula is C11H18BNO2S. The summed E-state index contributed by atoms with van der Waals surface area (Å²) in [6.07, 6.45) is 3.91. The van der Waals surface area contributed by atoms with E-state index in [0.717, 1.165) is 13.1 Å². The van der Waals surface area contributed by atoms with Crippen molar-refractivity contribution in [1.29, 1.82) is 0 Å². The normalized spacial score (nSPS) is 19.7. The molecule has 2 rings (SSSR count). The monoisotopic (exact) mass is 239 g/mol. The minimum absolute atomic E-state index is 0.401. The van der Waals surface area contributed by atoms with Gasteiger partial charge in [0.1, 0.15) is 0 Å². The molecule has 0 aliphatic carbocycles. The van der Waals surface area contributed by atoms with Crippen molar-refractivity contribution in [2.45, 2.75) is 32.2 Å². The highest BCUT2D eigenvalue weighted by Crippen LogP contribution is 2.26. The zero-order valence-corrected chi connectivity index (χ0v) is 10.4. The number of thiophene rings is 1. The van der Waals surface area contributed by atoms with Crippen LogP contribution in [0.15, 0.2) is 12.1 Å². The Morgan fingerprint density at radius 2 is 1.94 bits per heavy atom. The van der Waals surface area contributed by atoms with E-state index in [1.807, 2.05) is 12.1 Å². The number of nitrogens with zero attached hydrogens (tertiary/aromatic N) is 1. The van der Waals surface area contributed by atoms with E-state index in [2.05, 4.69) is 11.8 Å². The lowest BCUT2D eigenvalue weighted by atomic mass is 9.90. The molecule has 1 fully saturated rings. The second-order valence-corrected chi connectivity index (χ2v) is 5.53. The fraction of sp³-hybridized carbons (Fsp3) is 0.636. The summed E-state index contributed by atoms with van der Waals surface area (Å²) in [6.45, 7) is 4.52. The van der Waals surface area contributed by atoms with E-state index in [1.54, 1.807) is 0 Å². The molecule has 1 unspecified atom stereocenters. The van der Waals surface area contributed by atoms with E-state index in [4.69, 9.17) is 10.0 Å². The second kappa shape index (κ2) is 5.32. The van der Waals surface area contributed by atoms with Gasteiger partial charge in [-0.25, -0.2) is 0 Å². The van der Waals surface area contributed by atoms with Gasteiger partial charge in [0.05, 0.1) is 0 Å². The summed E-state index contributed by atoms with van der Waals surface area (Å²) < 4.78 is 0.638. The van der Waals surface area contributed by atoms with Gasteiger partial charge in [0, 0.05) is 15.7 Å². The van der Waals surface area contributed by atoms with Gasteiger partial charge < -0.3 is 10.0 Å². The van der Waals surface area contributed by atoms with Crippen LogP contribution in [0.5, 0.6) is 0 Å². The van der Waals surface area contributed by atoms with Gasteiger partial charge in [-0.1, -0.05) is 12.5 Å². The van der Waals surface area contributed by atoms with E-state index >= 15 is 0 Å². The summed E-state index contributed by atoms with van der Waals surface area (Å²) in [6, 6.07) is 4.22. The zero-order chi connectivity index (χ0) is 11.5. The molecule has 2 N–H and O–H groups in total. The third kappa shape index (κ3) is 2.66. The molecule has 1 saturated heterocycles. The van der Waals surface area contributed by atoms with Crippen molar-refractivity contribution in [3.63, 3.8) is 0 Å². The Bertz CT molecular complexity index is 336. The van der Waals surface area contributed by atoms with Crippen LogP contribution in [0, 0.1) is 0 Å². The fourth-order valence-corrected chi connectivity index (χ4v) is 3.19. The van der Waals surface area contributed by atoms with Gasteiger partial charge in [-0.15, -0.1) is 11.3 Å². The first-order chi connectivity index (χ1) is 7.68. The average molecular weight is 239 g/mol. The Hall–Kier alpha value is -0.355. The molecule has 1 aromatic rings. The molecule has 2 heterocycles. The summed E-state index contributed by atoms with van der Waals surface area (Å²) in [5.74, 6) is 0. The van der Waals surface area contributed by atoms with Crippen LogP contribution in [0.2, 0.25) is 0 Å². The molecule has 0 bridgehead atoms. The van der Waals surface area contributed by atoms with Crippen molar-refractivity contribution in [3.05, 3.63) is 17.0 Å². The molecule has 0 amide bonds. The summed E-state index contributed by atoms with van der Waals surface area (Å²) >= 11 is 1.50. The summed E-state index contributed by atoms with van der Waals surface area (Å²) in [7, 11) is -1.33. The van der Waals surface area contributed by atoms with E-state index < -0.39 is 7.12 Å². The van der Waals surface area contributed by atoms with E-state index in [-0.39, 0.29) is 0 Å². The molecular weight excluding hydrogens is 221 g/mol. The highest BCUT2D eigenvalue weighted by molar-refractivity contribution is 7.22. The maximum atomic E-state index is 9.08.